The summed E-state index contributed by atoms with van der Waals surface area (Å²) in [6.45, 7) is 1.95. The number of nitrogens with one attached hydrogen (secondary N) is 1. The minimum atomic E-state index is -0.954. The summed E-state index contributed by atoms with van der Waals surface area (Å²) in [7, 11) is 0. The molecule has 1 aromatic carbocycles. The van der Waals surface area contributed by atoms with Crippen molar-refractivity contribution in [3.63, 3.8) is 0 Å². The molecule has 7 heteroatoms. The first kappa shape index (κ1) is 13.7. The summed E-state index contributed by atoms with van der Waals surface area (Å²) in [5.74, 6) is -1.57. The van der Waals surface area contributed by atoms with Gasteiger partial charge in [0.25, 0.3) is 0 Å². The number of halogens is 3. The summed E-state index contributed by atoms with van der Waals surface area (Å²) in [4.78, 5) is 15.0. The molecule has 4 nitrogen and oxygen atoms in total. The maximum absolute atomic E-state index is 13.8. The van der Waals surface area contributed by atoms with Crippen LogP contribution in [0, 0.1) is 11.6 Å². The van der Waals surface area contributed by atoms with Gasteiger partial charge >= 0.3 is 0 Å². The van der Waals surface area contributed by atoms with Crippen LogP contribution in [0.5, 0.6) is 0 Å². The fourth-order valence-electron chi connectivity index (χ4n) is 1.89. The first-order chi connectivity index (χ1) is 9.04. The predicted molar refractivity (Wildman–Crippen MR) is 67.9 cm³/mol. The van der Waals surface area contributed by atoms with Gasteiger partial charge in [-0.15, -0.1) is 11.6 Å². The second kappa shape index (κ2) is 5.52. The van der Waals surface area contributed by atoms with Gasteiger partial charge in [-0.25, -0.2) is 13.8 Å². The minimum Gasteiger partial charge on any atom is -0.355 e. The van der Waals surface area contributed by atoms with E-state index in [0.29, 0.717) is 17.9 Å². The van der Waals surface area contributed by atoms with Crippen LogP contribution < -0.4 is 5.32 Å². The van der Waals surface area contributed by atoms with Crippen LogP contribution in [0.15, 0.2) is 12.1 Å². The van der Waals surface area contributed by atoms with Crippen molar-refractivity contribution >= 4 is 28.5 Å². The molecule has 0 saturated carbocycles. The van der Waals surface area contributed by atoms with Crippen molar-refractivity contribution in [1.82, 2.24) is 14.9 Å². The van der Waals surface area contributed by atoms with Crippen LogP contribution in [-0.4, -0.2) is 22.0 Å². The highest BCUT2D eigenvalue weighted by Crippen LogP contribution is 2.22. The number of benzene rings is 1. The van der Waals surface area contributed by atoms with E-state index in [-0.39, 0.29) is 23.8 Å². The summed E-state index contributed by atoms with van der Waals surface area (Å²) in [5, 5.41) is 2.59. The number of imidazole rings is 1. The Balaban J connectivity index is 2.44. The molecule has 0 unspecified atom stereocenters. The fourth-order valence-corrected chi connectivity index (χ4v) is 2.10. The summed E-state index contributed by atoms with van der Waals surface area (Å²) in [6.07, 6.45) is 0. The van der Waals surface area contributed by atoms with Crippen molar-refractivity contribution in [2.45, 2.75) is 19.3 Å². The zero-order chi connectivity index (χ0) is 14.0. The number of hydrogen-bond acceptors (Lipinski definition) is 2. The van der Waals surface area contributed by atoms with E-state index in [1.54, 1.807) is 0 Å². The van der Waals surface area contributed by atoms with Crippen LogP contribution in [0.2, 0.25) is 0 Å². The number of amides is 1. The van der Waals surface area contributed by atoms with E-state index in [0.717, 1.165) is 6.07 Å². The highest BCUT2D eigenvalue weighted by atomic mass is 35.5. The molecule has 1 amide bonds. The molecule has 0 spiro atoms. The third kappa shape index (κ3) is 2.68. The maximum Gasteiger partial charge on any atom is 0.216 e. The average Bonchev–Trinajstić information content (AvgIpc) is 2.72. The number of aromatic nitrogens is 2. The van der Waals surface area contributed by atoms with Crippen molar-refractivity contribution in [2.24, 2.45) is 0 Å². The Bertz CT molecular complexity index is 627. The van der Waals surface area contributed by atoms with Gasteiger partial charge in [-0.1, -0.05) is 0 Å². The molecule has 19 heavy (non-hydrogen) atoms. The molecular formula is C12H12ClF2N3O. The standard InChI is InChI=1S/C12H12ClF2N3O/c1-7(19)16-4-5-18-10(6-13)17-9-3-2-8(14)11(15)12(9)18/h2-3H,4-6H2,1H3,(H,16,19). The van der Waals surface area contributed by atoms with Crippen molar-refractivity contribution < 1.29 is 13.6 Å². The van der Waals surface area contributed by atoms with Gasteiger partial charge in [-0.3, -0.25) is 4.79 Å². The van der Waals surface area contributed by atoms with Gasteiger partial charge in [-0.2, -0.15) is 0 Å². The third-order valence-electron chi connectivity index (χ3n) is 2.71. The minimum absolute atomic E-state index is 0.0704. The van der Waals surface area contributed by atoms with Crippen molar-refractivity contribution in [1.29, 1.82) is 0 Å². The second-order valence-corrected chi connectivity index (χ2v) is 4.29. The predicted octanol–water partition coefficient (Wildman–Crippen LogP) is 2.19. The molecule has 0 atom stereocenters. The summed E-state index contributed by atoms with van der Waals surface area (Å²) < 4.78 is 28.6. The fraction of sp³-hybridized carbons (Fsp3) is 0.333. The topological polar surface area (TPSA) is 46.9 Å². The zero-order valence-corrected chi connectivity index (χ0v) is 11.0. The van der Waals surface area contributed by atoms with Crippen molar-refractivity contribution in [3.8, 4) is 0 Å². The van der Waals surface area contributed by atoms with E-state index in [9.17, 15) is 13.6 Å². The van der Waals surface area contributed by atoms with E-state index >= 15 is 0 Å². The van der Waals surface area contributed by atoms with Gasteiger partial charge in [0.15, 0.2) is 11.6 Å². The molecule has 102 valence electrons. The SMILES string of the molecule is CC(=O)NCCn1c(CCl)nc2ccc(F)c(F)c21. The molecule has 0 radical (unpaired) electrons. The molecule has 2 rings (SSSR count). The Morgan fingerprint density at radius 1 is 1.47 bits per heavy atom. The Morgan fingerprint density at radius 3 is 2.84 bits per heavy atom. The average molecular weight is 288 g/mol. The molecule has 0 aliphatic heterocycles. The molecule has 1 heterocycles. The van der Waals surface area contributed by atoms with Gasteiger partial charge in [0.05, 0.1) is 11.4 Å². The first-order valence-corrected chi connectivity index (χ1v) is 6.21. The van der Waals surface area contributed by atoms with Crippen LogP contribution in [0.1, 0.15) is 12.7 Å². The molecule has 1 aromatic heterocycles. The maximum atomic E-state index is 13.8. The molecule has 0 fully saturated rings. The van der Waals surface area contributed by atoms with Gasteiger partial charge < -0.3 is 9.88 Å². The number of rotatable bonds is 4. The van der Waals surface area contributed by atoms with E-state index in [1.807, 2.05) is 0 Å². The lowest BCUT2D eigenvalue weighted by Crippen LogP contribution is -2.25. The highest BCUT2D eigenvalue weighted by molar-refractivity contribution is 6.16. The van der Waals surface area contributed by atoms with Gasteiger partial charge in [0.1, 0.15) is 11.3 Å². The van der Waals surface area contributed by atoms with Crippen LogP contribution in [-0.2, 0) is 17.2 Å². The second-order valence-electron chi connectivity index (χ2n) is 4.03. The number of fused-ring (bicyclic) bond motifs is 1. The van der Waals surface area contributed by atoms with Gasteiger partial charge in [0.2, 0.25) is 5.91 Å². The molecule has 0 bridgehead atoms. The number of alkyl halides is 1. The van der Waals surface area contributed by atoms with Crippen LogP contribution >= 0.6 is 11.6 Å². The Morgan fingerprint density at radius 2 is 2.21 bits per heavy atom. The molecule has 1 N–H and O–H groups in total. The summed E-state index contributed by atoms with van der Waals surface area (Å²) >= 11 is 5.75. The van der Waals surface area contributed by atoms with Crippen molar-refractivity contribution in [2.75, 3.05) is 6.54 Å². The molecule has 0 aliphatic rings. The zero-order valence-electron chi connectivity index (χ0n) is 10.2. The number of carbonyl (C=O) groups excluding carboxylic acids is 1. The molecule has 0 aliphatic carbocycles. The quantitative estimate of drug-likeness (QED) is 0.876. The third-order valence-corrected chi connectivity index (χ3v) is 2.95. The van der Waals surface area contributed by atoms with Crippen LogP contribution in [0.4, 0.5) is 8.78 Å². The van der Waals surface area contributed by atoms with Crippen LogP contribution in [0.3, 0.4) is 0 Å². The van der Waals surface area contributed by atoms with E-state index in [4.69, 9.17) is 11.6 Å². The normalized spacial score (nSPS) is 10.9. The molecular weight excluding hydrogens is 276 g/mol. The highest BCUT2D eigenvalue weighted by Gasteiger charge is 2.16. The Kier molecular flexibility index (Phi) is 3.99. The smallest absolute Gasteiger partial charge is 0.216 e. The summed E-state index contributed by atoms with van der Waals surface area (Å²) in [5.41, 5.74) is 0.415. The van der Waals surface area contributed by atoms with E-state index < -0.39 is 11.6 Å². The van der Waals surface area contributed by atoms with E-state index in [1.165, 1.54) is 17.6 Å². The number of carbonyl (C=O) groups is 1. The van der Waals surface area contributed by atoms with Crippen LogP contribution in [0.25, 0.3) is 11.0 Å². The first-order valence-electron chi connectivity index (χ1n) is 5.68. The lowest BCUT2D eigenvalue weighted by molar-refractivity contribution is -0.118. The lowest BCUT2D eigenvalue weighted by atomic mass is 10.3. The monoisotopic (exact) mass is 287 g/mol. The van der Waals surface area contributed by atoms with Crippen molar-refractivity contribution in [3.05, 3.63) is 29.6 Å². The van der Waals surface area contributed by atoms with E-state index in [2.05, 4.69) is 10.3 Å². The Labute approximate surface area is 113 Å². The number of hydrogen-bond donors (Lipinski definition) is 1. The largest absolute Gasteiger partial charge is 0.355 e. The van der Waals surface area contributed by atoms with Gasteiger partial charge in [0, 0.05) is 20.0 Å². The lowest BCUT2D eigenvalue weighted by Gasteiger charge is -2.08. The number of nitrogens with zero attached hydrogens (tertiary/aromatic N) is 2. The molecule has 2 aromatic rings. The Hall–Kier alpha value is -1.69. The summed E-state index contributed by atoms with van der Waals surface area (Å²) in [6, 6.07) is 2.43. The molecule has 0 saturated heterocycles. The van der Waals surface area contributed by atoms with Gasteiger partial charge in [-0.05, 0) is 12.1 Å².